The minimum Gasteiger partial charge on any atom is -0.442 e. The maximum absolute atomic E-state index is 12.9. The average Bonchev–Trinajstić information content (AvgIpc) is 3.76. The van der Waals surface area contributed by atoms with Crippen molar-refractivity contribution in [1.82, 2.24) is 4.98 Å². The number of nitrogens with zero attached hydrogens (tertiary/aromatic N) is 4. The van der Waals surface area contributed by atoms with E-state index in [1.54, 1.807) is 42.2 Å². The fraction of sp³-hybridized carbons (Fsp3) is 0.323. The molecule has 1 N–H and O–H groups in total. The summed E-state index contributed by atoms with van der Waals surface area (Å²) >= 11 is 5.24. The van der Waals surface area contributed by atoms with Crippen molar-refractivity contribution in [1.29, 1.82) is 0 Å². The van der Waals surface area contributed by atoms with Crippen molar-refractivity contribution in [2.75, 3.05) is 22.6 Å². The Morgan fingerprint density at radius 1 is 0.805 bits per heavy atom. The maximum Gasteiger partial charge on any atom is 0.277 e. The van der Waals surface area contributed by atoms with Gasteiger partial charge in [-0.1, -0.05) is 54.6 Å². The molecule has 2 aromatic carbocycles. The van der Waals surface area contributed by atoms with E-state index >= 15 is 0 Å². The SMILES string of the molecule is Cc1oc([C@]2(C)CSC([C@]3(C)CSC([C@]4(C)CSC(/C=C/c5ccccc5)=N4)=N3)=N2)nc1C(=O)Nc1ccccc1. The number of aryl methyl sites for hydroxylation is 1. The molecule has 0 radical (unpaired) electrons. The zero-order valence-corrected chi connectivity index (χ0v) is 25.8. The summed E-state index contributed by atoms with van der Waals surface area (Å²) in [4.78, 5) is 33.0. The number of hydrogen-bond acceptors (Lipinski definition) is 9. The Morgan fingerprint density at radius 2 is 1.39 bits per heavy atom. The third kappa shape index (κ3) is 5.69. The van der Waals surface area contributed by atoms with E-state index in [0.717, 1.165) is 32.2 Å². The topological polar surface area (TPSA) is 92.2 Å². The number of anilines is 1. The Labute approximate surface area is 252 Å². The molecule has 3 aliphatic heterocycles. The van der Waals surface area contributed by atoms with E-state index in [0.29, 0.717) is 23.1 Å². The van der Waals surface area contributed by atoms with Crippen molar-refractivity contribution in [3.8, 4) is 0 Å². The number of carbonyl (C=O) groups excluding carboxylic acids is 1. The highest BCUT2D eigenvalue weighted by molar-refractivity contribution is 8.17. The zero-order chi connectivity index (χ0) is 28.7. The molecule has 10 heteroatoms. The summed E-state index contributed by atoms with van der Waals surface area (Å²) in [7, 11) is 0. The second-order valence-electron chi connectivity index (χ2n) is 11.0. The quantitative estimate of drug-likeness (QED) is 0.310. The first-order valence-corrected chi connectivity index (χ1v) is 16.4. The van der Waals surface area contributed by atoms with Gasteiger partial charge in [-0.25, -0.2) is 4.98 Å². The smallest absolute Gasteiger partial charge is 0.277 e. The molecule has 41 heavy (non-hydrogen) atoms. The highest BCUT2D eigenvalue weighted by atomic mass is 32.2. The van der Waals surface area contributed by atoms with Crippen LogP contribution in [0.3, 0.4) is 0 Å². The number of amides is 1. The third-order valence-electron chi connectivity index (χ3n) is 7.18. The Kier molecular flexibility index (Phi) is 7.50. The minimum atomic E-state index is -0.678. The van der Waals surface area contributed by atoms with Crippen molar-refractivity contribution < 1.29 is 9.21 Å². The molecule has 0 bridgehead atoms. The Morgan fingerprint density at radius 3 is 2.10 bits per heavy atom. The van der Waals surface area contributed by atoms with Crippen LogP contribution in [-0.4, -0.2) is 54.4 Å². The van der Waals surface area contributed by atoms with Crippen LogP contribution in [0.1, 0.15) is 48.5 Å². The van der Waals surface area contributed by atoms with Crippen molar-refractivity contribution >= 4 is 68.1 Å². The molecule has 3 aliphatic rings. The predicted molar refractivity (Wildman–Crippen MR) is 175 cm³/mol. The number of nitrogens with one attached hydrogen (secondary N) is 1. The van der Waals surface area contributed by atoms with Crippen LogP contribution in [0.5, 0.6) is 0 Å². The molecule has 0 saturated heterocycles. The molecule has 7 nitrogen and oxygen atoms in total. The second kappa shape index (κ2) is 11.0. The van der Waals surface area contributed by atoms with E-state index in [9.17, 15) is 4.79 Å². The number of para-hydroxylation sites is 1. The molecule has 0 fully saturated rings. The van der Waals surface area contributed by atoms with E-state index in [1.807, 2.05) is 55.5 Å². The van der Waals surface area contributed by atoms with Gasteiger partial charge in [-0.2, -0.15) is 0 Å². The molecule has 1 amide bonds. The van der Waals surface area contributed by atoms with Crippen molar-refractivity contribution in [3.05, 3.63) is 89.6 Å². The average molecular weight is 602 g/mol. The molecule has 0 saturated carbocycles. The third-order valence-corrected chi connectivity index (χ3v) is 11.4. The number of carbonyl (C=O) groups is 1. The molecular weight excluding hydrogens is 571 g/mol. The lowest BCUT2D eigenvalue weighted by molar-refractivity contribution is 0.102. The van der Waals surface area contributed by atoms with Crippen LogP contribution in [0.2, 0.25) is 0 Å². The van der Waals surface area contributed by atoms with Crippen molar-refractivity contribution in [2.45, 2.75) is 44.3 Å². The molecule has 1 aromatic heterocycles. The van der Waals surface area contributed by atoms with Gasteiger partial charge in [0.25, 0.3) is 5.91 Å². The van der Waals surface area contributed by atoms with Gasteiger partial charge in [-0.3, -0.25) is 19.8 Å². The van der Waals surface area contributed by atoms with Crippen LogP contribution in [0.4, 0.5) is 5.69 Å². The van der Waals surface area contributed by atoms with Gasteiger partial charge in [0.15, 0.2) is 5.69 Å². The van der Waals surface area contributed by atoms with E-state index < -0.39 is 11.1 Å². The minimum absolute atomic E-state index is 0.281. The monoisotopic (exact) mass is 601 g/mol. The summed E-state index contributed by atoms with van der Waals surface area (Å²) < 4.78 is 6.03. The van der Waals surface area contributed by atoms with Crippen LogP contribution in [0, 0.1) is 6.92 Å². The van der Waals surface area contributed by atoms with Gasteiger partial charge in [0.05, 0.1) is 15.1 Å². The fourth-order valence-corrected chi connectivity index (χ4v) is 8.62. The van der Waals surface area contributed by atoms with Crippen LogP contribution in [-0.2, 0) is 5.54 Å². The normalized spacial score (nSPS) is 27.7. The van der Waals surface area contributed by atoms with Gasteiger partial charge in [0, 0.05) is 22.9 Å². The number of thioether (sulfide) groups is 3. The van der Waals surface area contributed by atoms with Gasteiger partial charge in [0.1, 0.15) is 22.4 Å². The first kappa shape index (κ1) is 28.1. The fourth-order valence-electron chi connectivity index (χ4n) is 4.76. The molecule has 4 heterocycles. The number of hydrogen-bond donors (Lipinski definition) is 1. The lowest BCUT2D eigenvalue weighted by Gasteiger charge is -2.21. The number of aromatic nitrogens is 1. The summed E-state index contributed by atoms with van der Waals surface area (Å²) in [6.07, 6.45) is 4.21. The number of rotatable bonds is 7. The van der Waals surface area contributed by atoms with Crippen LogP contribution < -0.4 is 5.32 Å². The molecule has 3 atom stereocenters. The standard InChI is InChI=1S/C31H31N5O2S3/c1-20-24(25(37)32-22-13-9-6-10-14-22)33-26(38-20)29(2)17-40-28(35-29)31(4)19-41-27(36-31)30(3)18-39-23(34-30)16-15-21-11-7-5-8-12-21/h5-16H,17-19H2,1-4H3,(H,32,37)/b16-15+/t29-,30-,31-/m0/s1. The Bertz CT molecular complexity index is 1600. The highest BCUT2D eigenvalue weighted by Crippen LogP contribution is 2.46. The molecule has 0 spiro atoms. The lowest BCUT2D eigenvalue weighted by Crippen LogP contribution is -2.33. The van der Waals surface area contributed by atoms with Crippen molar-refractivity contribution in [3.63, 3.8) is 0 Å². The van der Waals surface area contributed by atoms with Crippen LogP contribution in [0.25, 0.3) is 6.08 Å². The summed E-state index contributed by atoms with van der Waals surface area (Å²) in [6.45, 7) is 8.10. The predicted octanol–water partition coefficient (Wildman–Crippen LogP) is 7.12. The number of benzene rings is 2. The molecule has 0 unspecified atom stereocenters. The van der Waals surface area contributed by atoms with E-state index in [2.05, 4.69) is 48.4 Å². The molecule has 0 aliphatic carbocycles. The second-order valence-corrected chi connectivity index (χ2v) is 13.9. The van der Waals surface area contributed by atoms with Gasteiger partial charge in [-0.05, 0) is 51.5 Å². The Balaban J connectivity index is 1.19. The van der Waals surface area contributed by atoms with Gasteiger partial charge >= 0.3 is 0 Å². The summed E-state index contributed by atoms with van der Waals surface area (Å²) in [6, 6.07) is 19.6. The van der Waals surface area contributed by atoms with Gasteiger partial charge in [-0.15, -0.1) is 35.3 Å². The first-order chi connectivity index (χ1) is 19.7. The van der Waals surface area contributed by atoms with E-state index in [1.165, 1.54) is 0 Å². The number of oxazole rings is 1. The van der Waals surface area contributed by atoms with E-state index in [-0.39, 0.29) is 17.1 Å². The molecular formula is C31H31N5O2S3. The van der Waals surface area contributed by atoms with Gasteiger partial charge in [0.2, 0.25) is 5.89 Å². The summed E-state index contributed by atoms with van der Waals surface area (Å²) in [5, 5.41) is 5.94. The Hall–Kier alpha value is -3.08. The zero-order valence-electron chi connectivity index (χ0n) is 23.4. The maximum atomic E-state index is 12.9. The summed E-state index contributed by atoms with van der Waals surface area (Å²) in [5.74, 6) is 2.99. The molecule has 6 rings (SSSR count). The van der Waals surface area contributed by atoms with Crippen LogP contribution in [0.15, 0.2) is 86.1 Å². The molecule has 3 aromatic rings. The van der Waals surface area contributed by atoms with Crippen molar-refractivity contribution in [2.24, 2.45) is 15.0 Å². The highest BCUT2D eigenvalue weighted by Gasteiger charge is 2.48. The number of aliphatic imine (C=N–C) groups is 3. The summed E-state index contributed by atoms with van der Waals surface area (Å²) in [5.41, 5.74) is 0.684. The largest absolute Gasteiger partial charge is 0.442 e. The first-order valence-electron chi connectivity index (χ1n) is 13.4. The van der Waals surface area contributed by atoms with Crippen LogP contribution >= 0.6 is 35.3 Å². The van der Waals surface area contributed by atoms with E-state index in [4.69, 9.17) is 19.4 Å². The molecule has 210 valence electrons. The lowest BCUT2D eigenvalue weighted by atomic mass is 10.0. The van der Waals surface area contributed by atoms with Gasteiger partial charge < -0.3 is 9.73 Å².